The zero-order valence-corrected chi connectivity index (χ0v) is 10.5. The van der Waals surface area contributed by atoms with Crippen molar-refractivity contribution in [1.82, 2.24) is 5.32 Å². The molecule has 0 radical (unpaired) electrons. The molecule has 1 aromatic carbocycles. The van der Waals surface area contributed by atoms with Crippen molar-refractivity contribution in [3.05, 3.63) is 35.5 Å². The number of hydrogen-bond donors (Lipinski definition) is 4. The Kier molecular flexibility index (Phi) is 5.38. The van der Waals surface area contributed by atoms with E-state index in [-0.39, 0.29) is 24.5 Å². The second-order valence-electron chi connectivity index (χ2n) is 3.80. The number of amides is 1. The van der Waals surface area contributed by atoms with Crippen molar-refractivity contribution in [2.45, 2.75) is 6.92 Å². The fraction of sp³-hybridized carbons (Fsp3) is 0.231. The van der Waals surface area contributed by atoms with Gasteiger partial charge in [-0.05, 0) is 30.7 Å². The maximum absolute atomic E-state index is 11.8. The molecule has 6 nitrogen and oxygen atoms in total. The largest absolute Gasteiger partial charge is 0.508 e. The highest BCUT2D eigenvalue weighted by atomic mass is 16.3. The maximum Gasteiger partial charge on any atom is 0.267 e. The van der Waals surface area contributed by atoms with Crippen LogP contribution in [-0.4, -0.2) is 29.3 Å². The highest BCUT2D eigenvalue weighted by Crippen LogP contribution is 2.20. The second-order valence-corrected chi connectivity index (χ2v) is 3.80. The highest BCUT2D eigenvalue weighted by molar-refractivity contribution is 6.06. The van der Waals surface area contributed by atoms with Gasteiger partial charge in [0.2, 0.25) is 0 Å². The number of phenols is 1. The molecule has 0 aliphatic heterocycles. The summed E-state index contributed by atoms with van der Waals surface area (Å²) in [6.07, 6.45) is 1.25. The quantitative estimate of drug-likeness (QED) is 0.269. The number of benzene rings is 1. The third-order valence-corrected chi connectivity index (χ3v) is 2.33. The average molecular weight is 261 g/mol. The van der Waals surface area contributed by atoms with E-state index in [2.05, 4.69) is 10.6 Å². The first-order valence-electron chi connectivity index (χ1n) is 5.64. The number of aliphatic hydroxyl groups is 1. The molecule has 0 aliphatic carbocycles. The average Bonchev–Trinajstić information content (AvgIpc) is 2.38. The third kappa shape index (κ3) is 4.33. The van der Waals surface area contributed by atoms with Crippen LogP contribution in [0.15, 0.2) is 30.0 Å². The lowest BCUT2D eigenvalue weighted by atomic mass is 10.2. The molecule has 0 fully saturated rings. The molecule has 0 heterocycles. The lowest BCUT2D eigenvalue weighted by molar-refractivity contribution is -0.112. The van der Waals surface area contributed by atoms with E-state index in [0.717, 1.165) is 0 Å². The van der Waals surface area contributed by atoms with Gasteiger partial charge in [-0.25, -0.2) is 0 Å². The van der Waals surface area contributed by atoms with E-state index in [1.165, 1.54) is 18.3 Å². The van der Waals surface area contributed by atoms with Gasteiger partial charge in [-0.15, -0.1) is 0 Å². The summed E-state index contributed by atoms with van der Waals surface area (Å²) >= 11 is 0. The molecule has 0 aliphatic rings. The van der Waals surface area contributed by atoms with Gasteiger partial charge in [-0.3, -0.25) is 4.79 Å². The van der Waals surface area contributed by atoms with Crippen LogP contribution in [0.5, 0.6) is 5.75 Å². The molecule has 0 atom stereocenters. The molecular formula is C13H15N3O3. The van der Waals surface area contributed by atoms with E-state index < -0.39 is 5.91 Å². The summed E-state index contributed by atoms with van der Waals surface area (Å²) in [6.45, 7) is 1.90. The summed E-state index contributed by atoms with van der Waals surface area (Å²) in [4.78, 5) is 11.8. The molecule has 0 spiro atoms. The molecular weight excluding hydrogens is 246 g/mol. The standard InChI is InChI=1S/C13H15N3O3/c1-9-6-11(18)2-3-12(9)16-13(19)10(7-14)8-15-4-5-17/h2-3,6,8,15,17-18H,4-5H2,1H3,(H,16,19)/b10-8-. The summed E-state index contributed by atoms with van der Waals surface area (Å²) in [5, 5.41) is 31.9. The van der Waals surface area contributed by atoms with Gasteiger partial charge in [0.1, 0.15) is 17.4 Å². The molecule has 0 unspecified atom stereocenters. The fourth-order valence-corrected chi connectivity index (χ4v) is 1.37. The summed E-state index contributed by atoms with van der Waals surface area (Å²) in [6, 6.07) is 6.28. The SMILES string of the molecule is Cc1cc(O)ccc1NC(=O)/C(C#N)=C\NCCO. The number of hydrogen-bond acceptors (Lipinski definition) is 5. The van der Waals surface area contributed by atoms with Gasteiger partial charge in [0.05, 0.1) is 6.61 Å². The first-order chi connectivity index (χ1) is 9.08. The minimum absolute atomic E-state index is 0.0894. The van der Waals surface area contributed by atoms with Crippen LogP contribution < -0.4 is 10.6 Å². The van der Waals surface area contributed by atoms with Gasteiger partial charge in [0, 0.05) is 18.4 Å². The van der Waals surface area contributed by atoms with Crippen LogP contribution in [0.1, 0.15) is 5.56 Å². The number of aromatic hydroxyl groups is 1. The Morgan fingerprint density at radius 3 is 2.84 bits per heavy atom. The first kappa shape index (κ1) is 14.5. The number of carbonyl (C=O) groups excluding carboxylic acids is 1. The third-order valence-electron chi connectivity index (χ3n) is 2.33. The Morgan fingerprint density at radius 2 is 2.26 bits per heavy atom. The summed E-state index contributed by atoms with van der Waals surface area (Å²) in [5.41, 5.74) is 1.11. The van der Waals surface area contributed by atoms with Crippen molar-refractivity contribution in [3.8, 4) is 11.8 Å². The Balaban J connectivity index is 2.77. The number of aliphatic hydroxyl groups excluding tert-OH is 1. The monoisotopic (exact) mass is 261 g/mol. The zero-order valence-electron chi connectivity index (χ0n) is 10.5. The fourth-order valence-electron chi connectivity index (χ4n) is 1.37. The summed E-state index contributed by atoms with van der Waals surface area (Å²) in [5.74, 6) is -0.446. The van der Waals surface area contributed by atoms with Crippen LogP contribution >= 0.6 is 0 Å². The first-order valence-corrected chi connectivity index (χ1v) is 5.64. The van der Waals surface area contributed by atoms with E-state index in [1.807, 2.05) is 0 Å². The molecule has 0 saturated carbocycles. The highest BCUT2D eigenvalue weighted by Gasteiger charge is 2.10. The topological polar surface area (TPSA) is 105 Å². The molecule has 19 heavy (non-hydrogen) atoms. The number of anilines is 1. The number of nitriles is 1. The molecule has 0 aromatic heterocycles. The number of phenolic OH excluding ortho intramolecular Hbond substituents is 1. The molecule has 1 amide bonds. The van der Waals surface area contributed by atoms with Crippen LogP contribution in [0.25, 0.3) is 0 Å². The Bertz CT molecular complexity index is 532. The smallest absolute Gasteiger partial charge is 0.267 e. The van der Waals surface area contributed by atoms with Crippen molar-refractivity contribution in [3.63, 3.8) is 0 Å². The van der Waals surface area contributed by atoms with Crippen molar-refractivity contribution >= 4 is 11.6 Å². The van der Waals surface area contributed by atoms with Crippen LogP contribution in [0.2, 0.25) is 0 Å². The van der Waals surface area contributed by atoms with Crippen LogP contribution in [0, 0.1) is 18.3 Å². The molecule has 6 heteroatoms. The van der Waals surface area contributed by atoms with E-state index in [0.29, 0.717) is 11.3 Å². The minimum Gasteiger partial charge on any atom is -0.508 e. The van der Waals surface area contributed by atoms with Crippen molar-refractivity contribution in [2.75, 3.05) is 18.5 Å². The molecule has 0 bridgehead atoms. The van der Waals surface area contributed by atoms with E-state index in [4.69, 9.17) is 10.4 Å². The van der Waals surface area contributed by atoms with E-state index >= 15 is 0 Å². The van der Waals surface area contributed by atoms with Crippen molar-refractivity contribution in [2.24, 2.45) is 0 Å². The molecule has 100 valence electrons. The molecule has 0 saturated heterocycles. The minimum atomic E-state index is -0.554. The number of nitrogens with zero attached hydrogens (tertiary/aromatic N) is 1. The predicted molar refractivity (Wildman–Crippen MR) is 70.3 cm³/mol. The van der Waals surface area contributed by atoms with Crippen LogP contribution in [0.3, 0.4) is 0 Å². The normalized spacial score (nSPS) is 10.7. The van der Waals surface area contributed by atoms with Gasteiger partial charge in [-0.2, -0.15) is 5.26 Å². The molecule has 4 N–H and O–H groups in total. The van der Waals surface area contributed by atoms with Gasteiger partial charge >= 0.3 is 0 Å². The van der Waals surface area contributed by atoms with Gasteiger partial charge in [0.15, 0.2) is 0 Å². The number of rotatable bonds is 5. The van der Waals surface area contributed by atoms with Gasteiger partial charge in [-0.1, -0.05) is 0 Å². The van der Waals surface area contributed by atoms with E-state index in [1.54, 1.807) is 19.1 Å². The zero-order chi connectivity index (χ0) is 14.3. The van der Waals surface area contributed by atoms with Crippen molar-refractivity contribution in [1.29, 1.82) is 5.26 Å². The molecule has 1 aromatic rings. The molecule has 1 rings (SSSR count). The lowest BCUT2D eigenvalue weighted by Crippen LogP contribution is -2.18. The Hall–Kier alpha value is -2.52. The number of aryl methyl sites for hydroxylation is 1. The maximum atomic E-state index is 11.8. The number of carbonyl (C=O) groups is 1. The number of nitrogens with one attached hydrogen (secondary N) is 2. The van der Waals surface area contributed by atoms with Gasteiger partial charge in [0.25, 0.3) is 5.91 Å². The second kappa shape index (κ2) is 7.03. The van der Waals surface area contributed by atoms with E-state index in [9.17, 15) is 9.90 Å². The Morgan fingerprint density at radius 1 is 1.53 bits per heavy atom. The lowest BCUT2D eigenvalue weighted by Gasteiger charge is -2.08. The Labute approximate surface area is 111 Å². The van der Waals surface area contributed by atoms with Crippen LogP contribution in [-0.2, 0) is 4.79 Å². The van der Waals surface area contributed by atoms with Crippen LogP contribution in [0.4, 0.5) is 5.69 Å². The van der Waals surface area contributed by atoms with Gasteiger partial charge < -0.3 is 20.8 Å². The summed E-state index contributed by atoms with van der Waals surface area (Å²) in [7, 11) is 0. The predicted octanol–water partition coefficient (Wildman–Crippen LogP) is 0.628. The summed E-state index contributed by atoms with van der Waals surface area (Å²) < 4.78 is 0. The van der Waals surface area contributed by atoms with Crippen molar-refractivity contribution < 1.29 is 15.0 Å².